The Morgan fingerprint density at radius 3 is 2.38 bits per heavy atom. The minimum absolute atomic E-state index is 0.0876. The van der Waals surface area contributed by atoms with Crippen LogP contribution < -0.4 is 5.32 Å². The molecular weight excluding hydrogens is 318 g/mol. The van der Waals surface area contributed by atoms with Gasteiger partial charge in [0.05, 0.1) is 9.85 Å². The lowest BCUT2D eigenvalue weighted by Gasteiger charge is -2.23. The maximum absolute atomic E-state index is 11.9. The van der Waals surface area contributed by atoms with Gasteiger partial charge in [-0.2, -0.15) is 0 Å². The molecule has 1 N–H and O–H groups in total. The van der Waals surface area contributed by atoms with E-state index in [1.807, 2.05) is 0 Å². The van der Waals surface area contributed by atoms with Crippen LogP contribution in [0.15, 0.2) is 18.2 Å². The average Bonchev–Trinajstić information content (AvgIpc) is 2.54. The van der Waals surface area contributed by atoms with Crippen molar-refractivity contribution in [3.8, 4) is 0 Å². The summed E-state index contributed by atoms with van der Waals surface area (Å²) in [4.78, 5) is 32.1. The Kier molecular flexibility index (Phi) is 5.67. The number of nitrogens with one attached hydrogen (secondary N) is 1. The lowest BCUT2D eigenvalue weighted by molar-refractivity contribution is -0.422. The number of nitro groups is 2. The van der Waals surface area contributed by atoms with E-state index in [-0.39, 0.29) is 6.04 Å². The highest BCUT2D eigenvalue weighted by Gasteiger charge is 2.26. The number of carbonyl (C=O) groups excluding carboxylic acids is 1. The molecule has 0 spiro atoms. The molecule has 24 heavy (non-hydrogen) atoms. The highest BCUT2D eigenvalue weighted by molar-refractivity contribution is 5.68. The number of benzene rings is 1. The Bertz CT molecular complexity index is 642. The fourth-order valence-corrected chi connectivity index (χ4v) is 2.77. The van der Waals surface area contributed by atoms with E-state index >= 15 is 0 Å². The Labute approximate surface area is 138 Å². The number of nitrogens with zero attached hydrogens (tertiary/aromatic N) is 2. The molecule has 0 aromatic heterocycles. The number of ether oxygens (including phenoxy) is 1. The fourth-order valence-electron chi connectivity index (χ4n) is 2.77. The van der Waals surface area contributed by atoms with Crippen LogP contribution in [0.2, 0.25) is 0 Å². The van der Waals surface area contributed by atoms with Crippen LogP contribution >= 0.6 is 0 Å². The summed E-state index contributed by atoms with van der Waals surface area (Å²) in [5.74, 6) is 0. The van der Waals surface area contributed by atoms with E-state index in [1.54, 1.807) is 6.92 Å². The van der Waals surface area contributed by atoms with Crippen molar-refractivity contribution in [1.82, 2.24) is 5.32 Å². The Morgan fingerprint density at radius 2 is 1.79 bits per heavy atom. The summed E-state index contributed by atoms with van der Waals surface area (Å²) in [6, 6.07) is 3.55. The van der Waals surface area contributed by atoms with Gasteiger partial charge in [-0.1, -0.05) is 19.3 Å². The molecule has 1 saturated carbocycles. The second kappa shape index (κ2) is 7.71. The number of nitro benzene ring substituents is 2. The second-order valence-electron chi connectivity index (χ2n) is 5.79. The first-order chi connectivity index (χ1) is 11.4. The predicted octanol–water partition coefficient (Wildman–Crippen LogP) is 3.62. The average molecular weight is 337 g/mol. The number of hydrogen-bond acceptors (Lipinski definition) is 6. The minimum Gasteiger partial charge on any atom is -0.442 e. The van der Waals surface area contributed by atoms with Gasteiger partial charge < -0.3 is 10.1 Å². The first-order valence-electron chi connectivity index (χ1n) is 7.78. The molecule has 0 radical (unpaired) electrons. The number of carbonyl (C=O) groups is 1. The quantitative estimate of drug-likeness (QED) is 0.646. The first kappa shape index (κ1) is 17.6. The third-order valence-electron chi connectivity index (χ3n) is 4.07. The molecule has 1 aromatic carbocycles. The lowest BCUT2D eigenvalue weighted by Crippen LogP contribution is -2.36. The SMILES string of the molecule is CC(OC(=O)NC1CCCCC1)c1ccc([N+](=O)[O-])c([N+](=O)[O-])c1. The molecule has 0 bridgehead atoms. The summed E-state index contributed by atoms with van der Waals surface area (Å²) >= 11 is 0. The van der Waals surface area contributed by atoms with Crippen LogP contribution in [-0.2, 0) is 4.74 Å². The standard InChI is InChI=1S/C15H19N3O6/c1-10(24-15(19)16-12-5-3-2-4-6-12)11-7-8-13(17(20)21)14(9-11)18(22)23/h7-10,12H,2-6H2,1H3,(H,16,19). The summed E-state index contributed by atoms with van der Waals surface area (Å²) in [7, 11) is 0. The number of amides is 1. The van der Waals surface area contributed by atoms with E-state index in [0.717, 1.165) is 44.2 Å². The van der Waals surface area contributed by atoms with Gasteiger partial charge in [-0.3, -0.25) is 20.2 Å². The van der Waals surface area contributed by atoms with Crippen LogP contribution in [0.5, 0.6) is 0 Å². The molecule has 9 heteroatoms. The van der Waals surface area contributed by atoms with E-state index in [1.165, 1.54) is 6.07 Å². The predicted molar refractivity (Wildman–Crippen MR) is 84.7 cm³/mol. The van der Waals surface area contributed by atoms with Crippen molar-refractivity contribution in [3.63, 3.8) is 0 Å². The van der Waals surface area contributed by atoms with Crippen LogP contribution in [0.4, 0.5) is 16.2 Å². The van der Waals surface area contributed by atoms with E-state index in [4.69, 9.17) is 4.74 Å². The van der Waals surface area contributed by atoms with E-state index in [0.29, 0.717) is 5.56 Å². The molecular formula is C15H19N3O6. The van der Waals surface area contributed by atoms with Gasteiger partial charge in [0.2, 0.25) is 0 Å². The van der Waals surface area contributed by atoms with Crippen LogP contribution in [0.1, 0.15) is 50.7 Å². The maximum atomic E-state index is 11.9. The van der Waals surface area contributed by atoms with Crippen molar-refractivity contribution in [2.24, 2.45) is 0 Å². The molecule has 2 rings (SSSR count). The highest BCUT2D eigenvalue weighted by Crippen LogP contribution is 2.30. The smallest absolute Gasteiger partial charge is 0.407 e. The molecule has 9 nitrogen and oxygen atoms in total. The van der Waals surface area contributed by atoms with E-state index in [9.17, 15) is 25.0 Å². The van der Waals surface area contributed by atoms with Crippen molar-refractivity contribution in [2.45, 2.75) is 51.2 Å². The Balaban J connectivity index is 2.04. The normalized spacial score (nSPS) is 16.2. The molecule has 0 heterocycles. The molecule has 130 valence electrons. The Hall–Kier alpha value is -2.71. The van der Waals surface area contributed by atoms with Crippen LogP contribution in [0.3, 0.4) is 0 Å². The molecule has 1 amide bonds. The third-order valence-corrected chi connectivity index (χ3v) is 4.07. The van der Waals surface area contributed by atoms with Gasteiger partial charge in [-0.25, -0.2) is 4.79 Å². The summed E-state index contributed by atoms with van der Waals surface area (Å²) < 4.78 is 5.23. The second-order valence-corrected chi connectivity index (χ2v) is 5.79. The molecule has 1 fully saturated rings. The lowest BCUT2D eigenvalue weighted by atomic mass is 9.96. The van der Waals surface area contributed by atoms with Crippen molar-refractivity contribution < 1.29 is 19.4 Å². The summed E-state index contributed by atoms with van der Waals surface area (Å²) in [5.41, 5.74) is -0.894. The molecule has 1 aliphatic carbocycles. The zero-order valence-electron chi connectivity index (χ0n) is 13.3. The van der Waals surface area contributed by atoms with Crippen LogP contribution in [0, 0.1) is 20.2 Å². The number of alkyl carbamates (subject to hydrolysis) is 1. The first-order valence-corrected chi connectivity index (χ1v) is 7.78. The van der Waals surface area contributed by atoms with Gasteiger partial charge in [0.15, 0.2) is 0 Å². The van der Waals surface area contributed by atoms with Gasteiger partial charge in [-0.15, -0.1) is 0 Å². The van der Waals surface area contributed by atoms with E-state index in [2.05, 4.69) is 5.32 Å². The number of hydrogen-bond donors (Lipinski definition) is 1. The number of rotatable bonds is 5. The zero-order chi connectivity index (χ0) is 17.7. The topological polar surface area (TPSA) is 125 Å². The summed E-state index contributed by atoms with van der Waals surface area (Å²) in [6.45, 7) is 1.56. The van der Waals surface area contributed by atoms with Gasteiger partial charge in [0.1, 0.15) is 6.10 Å². The monoisotopic (exact) mass is 337 g/mol. The van der Waals surface area contributed by atoms with Crippen LogP contribution in [0.25, 0.3) is 0 Å². The van der Waals surface area contributed by atoms with Crippen molar-refractivity contribution >= 4 is 17.5 Å². The van der Waals surface area contributed by atoms with Gasteiger partial charge in [-0.05, 0) is 31.4 Å². The van der Waals surface area contributed by atoms with Crippen molar-refractivity contribution in [1.29, 1.82) is 0 Å². The summed E-state index contributed by atoms with van der Waals surface area (Å²) in [5, 5.41) is 24.6. The largest absolute Gasteiger partial charge is 0.442 e. The van der Waals surface area contributed by atoms with Gasteiger partial charge in [0.25, 0.3) is 0 Å². The fraction of sp³-hybridized carbons (Fsp3) is 0.533. The van der Waals surface area contributed by atoms with Gasteiger partial charge >= 0.3 is 17.5 Å². The highest BCUT2D eigenvalue weighted by atomic mass is 16.6. The van der Waals surface area contributed by atoms with E-state index < -0.39 is 33.4 Å². The molecule has 1 aliphatic rings. The Morgan fingerprint density at radius 1 is 1.17 bits per heavy atom. The molecule has 0 aliphatic heterocycles. The van der Waals surface area contributed by atoms with Crippen molar-refractivity contribution in [3.05, 3.63) is 44.0 Å². The molecule has 1 unspecified atom stereocenters. The van der Waals surface area contributed by atoms with Crippen molar-refractivity contribution in [2.75, 3.05) is 0 Å². The van der Waals surface area contributed by atoms with Gasteiger partial charge in [0, 0.05) is 18.2 Å². The molecule has 0 saturated heterocycles. The third kappa shape index (κ3) is 4.40. The van der Waals surface area contributed by atoms with Crippen LogP contribution in [-0.4, -0.2) is 22.0 Å². The summed E-state index contributed by atoms with van der Waals surface area (Å²) in [6.07, 6.45) is 3.77. The zero-order valence-corrected chi connectivity index (χ0v) is 13.3. The maximum Gasteiger partial charge on any atom is 0.407 e. The molecule has 1 atom stereocenters. The minimum atomic E-state index is -0.823. The molecule has 1 aromatic rings.